The Morgan fingerprint density at radius 1 is 1.14 bits per heavy atom. The molecular weight excluding hydrogens is 364 g/mol. The molecule has 0 aliphatic rings. The first-order valence-electron chi connectivity index (χ1n) is 9.67. The molecule has 2 aromatic carbocycles. The average Bonchev–Trinajstić information content (AvgIpc) is 3.35. The molecule has 0 bridgehead atoms. The van der Waals surface area contributed by atoms with Crippen LogP contribution < -0.4 is 5.32 Å². The van der Waals surface area contributed by atoms with Crippen LogP contribution in [0, 0.1) is 13.8 Å². The summed E-state index contributed by atoms with van der Waals surface area (Å²) in [6, 6.07) is 12.0. The number of hydrogen-bond acceptors (Lipinski definition) is 4. The van der Waals surface area contributed by atoms with Crippen LogP contribution in [0.15, 0.2) is 48.8 Å². The molecule has 1 amide bonds. The predicted molar refractivity (Wildman–Crippen MR) is 112 cm³/mol. The Morgan fingerprint density at radius 3 is 2.72 bits per heavy atom. The molecule has 1 N–H and O–H groups in total. The summed E-state index contributed by atoms with van der Waals surface area (Å²) < 4.78 is 3.64. The Hall–Kier alpha value is -3.48. The number of aryl methyl sites for hydroxylation is 2. The minimum absolute atomic E-state index is 0.153. The highest BCUT2D eigenvalue weighted by Gasteiger charge is 2.15. The van der Waals surface area contributed by atoms with Crippen molar-refractivity contribution in [2.24, 2.45) is 0 Å². The molecule has 0 saturated carbocycles. The van der Waals surface area contributed by atoms with Gasteiger partial charge in [0, 0.05) is 11.4 Å². The molecule has 4 rings (SSSR count). The predicted octanol–water partition coefficient (Wildman–Crippen LogP) is 3.74. The zero-order valence-corrected chi connectivity index (χ0v) is 17.0. The van der Waals surface area contributed by atoms with E-state index >= 15 is 0 Å². The SMILES string of the molecule is Cc1ccc(-n2cc(CNC(=O)c3cccc4c3cnn4C(C)C)nn2)cc1C. The number of aromatic nitrogens is 5. The molecule has 7 nitrogen and oxygen atoms in total. The highest BCUT2D eigenvalue weighted by atomic mass is 16.1. The smallest absolute Gasteiger partial charge is 0.252 e. The summed E-state index contributed by atoms with van der Waals surface area (Å²) in [6.07, 6.45) is 3.59. The van der Waals surface area contributed by atoms with Gasteiger partial charge in [0.2, 0.25) is 0 Å². The second-order valence-electron chi connectivity index (χ2n) is 7.53. The van der Waals surface area contributed by atoms with Gasteiger partial charge in [-0.15, -0.1) is 5.10 Å². The quantitative estimate of drug-likeness (QED) is 0.565. The lowest BCUT2D eigenvalue weighted by Crippen LogP contribution is -2.23. The monoisotopic (exact) mass is 388 g/mol. The molecule has 4 aromatic rings. The topological polar surface area (TPSA) is 77.6 Å². The standard InChI is InChI=1S/C22H24N6O/c1-14(2)28-21-7-5-6-19(20(21)12-24-28)22(29)23-11-17-13-27(26-25-17)18-9-8-15(3)16(4)10-18/h5-10,12-14H,11H2,1-4H3,(H,23,29). The van der Waals surface area contributed by atoms with Gasteiger partial charge in [-0.3, -0.25) is 9.48 Å². The lowest BCUT2D eigenvalue weighted by atomic mass is 10.1. The highest BCUT2D eigenvalue weighted by Crippen LogP contribution is 2.21. The lowest BCUT2D eigenvalue weighted by Gasteiger charge is -2.08. The van der Waals surface area contributed by atoms with Gasteiger partial charge in [-0.25, -0.2) is 4.68 Å². The van der Waals surface area contributed by atoms with Gasteiger partial charge in [-0.1, -0.05) is 17.3 Å². The van der Waals surface area contributed by atoms with Crippen LogP contribution >= 0.6 is 0 Å². The van der Waals surface area contributed by atoms with Crippen LogP contribution in [0.5, 0.6) is 0 Å². The zero-order valence-electron chi connectivity index (χ0n) is 17.0. The second-order valence-corrected chi connectivity index (χ2v) is 7.53. The van der Waals surface area contributed by atoms with Gasteiger partial charge >= 0.3 is 0 Å². The third kappa shape index (κ3) is 3.63. The van der Waals surface area contributed by atoms with Crippen LogP contribution in [0.2, 0.25) is 0 Å². The van der Waals surface area contributed by atoms with E-state index < -0.39 is 0 Å². The summed E-state index contributed by atoms with van der Waals surface area (Å²) >= 11 is 0. The maximum absolute atomic E-state index is 12.8. The van der Waals surface area contributed by atoms with Crippen LogP contribution in [0.3, 0.4) is 0 Å². The highest BCUT2D eigenvalue weighted by molar-refractivity contribution is 6.06. The third-order valence-electron chi connectivity index (χ3n) is 5.10. The summed E-state index contributed by atoms with van der Waals surface area (Å²) in [6.45, 7) is 8.58. The molecule has 0 unspecified atom stereocenters. The Kier molecular flexibility index (Phi) is 4.88. The molecule has 0 fully saturated rings. The molecule has 7 heteroatoms. The third-order valence-corrected chi connectivity index (χ3v) is 5.10. The van der Waals surface area contributed by atoms with Crippen LogP contribution in [0.1, 0.15) is 47.1 Å². The lowest BCUT2D eigenvalue weighted by molar-refractivity contribution is 0.0952. The fourth-order valence-electron chi connectivity index (χ4n) is 3.32. The Balaban J connectivity index is 1.50. The van der Waals surface area contributed by atoms with E-state index in [1.54, 1.807) is 10.9 Å². The number of nitrogens with zero attached hydrogens (tertiary/aromatic N) is 5. The van der Waals surface area contributed by atoms with E-state index in [4.69, 9.17) is 0 Å². The number of carbonyl (C=O) groups is 1. The normalized spacial score (nSPS) is 11.3. The van der Waals surface area contributed by atoms with Crippen molar-refractivity contribution in [3.05, 3.63) is 71.2 Å². The van der Waals surface area contributed by atoms with Gasteiger partial charge in [0.1, 0.15) is 5.69 Å². The number of hydrogen-bond donors (Lipinski definition) is 1. The Morgan fingerprint density at radius 2 is 1.97 bits per heavy atom. The van der Waals surface area contributed by atoms with Crippen molar-refractivity contribution in [2.45, 2.75) is 40.3 Å². The number of amides is 1. The molecule has 2 aromatic heterocycles. The van der Waals surface area contributed by atoms with Gasteiger partial charge in [0.25, 0.3) is 5.91 Å². The van der Waals surface area contributed by atoms with Crippen molar-refractivity contribution >= 4 is 16.8 Å². The van der Waals surface area contributed by atoms with Crippen LogP contribution in [0.4, 0.5) is 0 Å². The van der Waals surface area contributed by atoms with E-state index in [0.29, 0.717) is 17.8 Å². The summed E-state index contributed by atoms with van der Waals surface area (Å²) in [5.74, 6) is -0.153. The maximum Gasteiger partial charge on any atom is 0.252 e. The van der Waals surface area contributed by atoms with E-state index in [1.165, 1.54) is 11.1 Å². The molecule has 0 spiro atoms. The van der Waals surface area contributed by atoms with Crippen molar-refractivity contribution in [3.8, 4) is 5.69 Å². The van der Waals surface area contributed by atoms with Crippen LogP contribution in [-0.4, -0.2) is 30.7 Å². The van der Waals surface area contributed by atoms with Crippen molar-refractivity contribution in [2.75, 3.05) is 0 Å². The Labute approximate surface area is 169 Å². The molecule has 0 atom stereocenters. The fraction of sp³-hybridized carbons (Fsp3) is 0.273. The van der Waals surface area contributed by atoms with Crippen molar-refractivity contribution in [3.63, 3.8) is 0 Å². The maximum atomic E-state index is 12.8. The van der Waals surface area contributed by atoms with E-state index in [1.807, 2.05) is 35.1 Å². The molecular formula is C22H24N6O. The summed E-state index contributed by atoms with van der Waals surface area (Å²) in [7, 11) is 0. The van der Waals surface area contributed by atoms with Crippen molar-refractivity contribution < 1.29 is 4.79 Å². The fourth-order valence-corrected chi connectivity index (χ4v) is 3.32. The van der Waals surface area contributed by atoms with Gasteiger partial charge in [0.15, 0.2) is 0 Å². The van der Waals surface area contributed by atoms with Gasteiger partial charge in [0.05, 0.1) is 35.7 Å². The van der Waals surface area contributed by atoms with Crippen molar-refractivity contribution in [1.82, 2.24) is 30.1 Å². The minimum atomic E-state index is -0.153. The second kappa shape index (κ2) is 7.50. The Bertz CT molecular complexity index is 1190. The molecule has 0 aliphatic heterocycles. The summed E-state index contributed by atoms with van der Waals surface area (Å²) in [5.41, 5.74) is 5.63. The van der Waals surface area contributed by atoms with E-state index in [0.717, 1.165) is 16.6 Å². The van der Waals surface area contributed by atoms with Crippen molar-refractivity contribution in [1.29, 1.82) is 0 Å². The van der Waals surface area contributed by atoms with Gasteiger partial charge < -0.3 is 5.32 Å². The van der Waals surface area contributed by atoms with E-state index in [2.05, 4.69) is 60.6 Å². The number of benzene rings is 2. The van der Waals surface area contributed by atoms with E-state index in [9.17, 15) is 4.79 Å². The molecule has 0 radical (unpaired) electrons. The first-order valence-corrected chi connectivity index (χ1v) is 9.67. The number of carbonyl (C=O) groups excluding carboxylic acids is 1. The molecule has 2 heterocycles. The summed E-state index contributed by atoms with van der Waals surface area (Å²) in [4.78, 5) is 12.8. The van der Waals surface area contributed by atoms with Gasteiger partial charge in [-0.2, -0.15) is 5.10 Å². The largest absolute Gasteiger partial charge is 0.346 e. The molecule has 0 aliphatic carbocycles. The minimum Gasteiger partial charge on any atom is -0.346 e. The first-order chi connectivity index (χ1) is 13.9. The number of rotatable bonds is 5. The zero-order chi connectivity index (χ0) is 20.5. The molecule has 0 saturated heterocycles. The number of fused-ring (bicyclic) bond motifs is 1. The molecule has 29 heavy (non-hydrogen) atoms. The van der Waals surface area contributed by atoms with Gasteiger partial charge in [-0.05, 0) is 63.1 Å². The van der Waals surface area contributed by atoms with E-state index in [-0.39, 0.29) is 11.9 Å². The van der Waals surface area contributed by atoms with Crippen LogP contribution in [-0.2, 0) is 6.54 Å². The summed E-state index contributed by atoms with van der Waals surface area (Å²) in [5, 5.41) is 16.6. The molecule has 148 valence electrons. The number of nitrogens with one attached hydrogen (secondary N) is 1. The first kappa shape index (κ1) is 18.9. The van der Waals surface area contributed by atoms with Crippen LogP contribution in [0.25, 0.3) is 16.6 Å². The average molecular weight is 388 g/mol.